The van der Waals surface area contributed by atoms with Crippen LogP contribution in [0.4, 0.5) is 0 Å². The maximum atomic E-state index is 12.9. The van der Waals surface area contributed by atoms with Gasteiger partial charge in [0, 0.05) is 18.7 Å². The lowest BCUT2D eigenvalue weighted by atomic mass is 9.98. The summed E-state index contributed by atoms with van der Waals surface area (Å²) in [5, 5.41) is 3.02. The van der Waals surface area contributed by atoms with Gasteiger partial charge in [0.1, 0.15) is 13.2 Å². The van der Waals surface area contributed by atoms with Gasteiger partial charge in [-0.2, -0.15) is 0 Å². The molecule has 0 bridgehead atoms. The van der Waals surface area contributed by atoms with Gasteiger partial charge in [-0.3, -0.25) is 4.79 Å². The largest absolute Gasteiger partial charge is 0.493 e. The SMILES string of the molecule is COc1cc(C(=O)NCc2ccccc2-c2ccc(CN(C)C)cc2)cc2c1OCCO2. The second-order valence-corrected chi connectivity index (χ2v) is 7.98. The van der Waals surface area contributed by atoms with Crippen molar-refractivity contribution < 1.29 is 19.0 Å². The number of hydrogen-bond acceptors (Lipinski definition) is 5. The van der Waals surface area contributed by atoms with Crippen LogP contribution in [0.25, 0.3) is 11.1 Å². The second-order valence-electron chi connectivity index (χ2n) is 7.98. The van der Waals surface area contributed by atoms with Crippen molar-refractivity contribution in [1.29, 1.82) is 0 Å². The minimum atomic E-state index is -0.198. The van der Waals surface area contributed by atoms with E-state index in [-0.39, 0.29) is 5.91 Å². The molecule has 32 heavy (non-hydrogen) atoms. The van der Waals surface area contributed by atoms with E-state index in [1.807, 2.05) is 18.2 Å². The molecule has 0 radical (unpaired) electrons. The van der Waals surface area contributed by atoms with Gasteiger partial charge in [0.15, 0.2) is 11.5 Å². The number of methoxy groups -OCH3 is 1. The first kappa shape index (κ1) is 21.7. The van der Waals surface area contributed by atoms with E-state index in [9.17, 15) is 4.79 Å². The summed E-state index contributed by atoms with van der Waals surface area (Å²) in [5.74, 6) is 1.36. The van der Waals surface area contributed by atoms with Gasteiger partial charge in [-0.05, 0) is 48.5 Å². The van der Waals surface area contributed by atoms with E-state index in [0.717, 1.165) is 23.2 Å². The van der Waals surface area contributed by atoms with Crippen molar-refractivity contribution in [2.45, 2.75) is 13.1 Å². The van der Waals surface area contributed by atoms with Crippen molar-refractivity contribution in [1.82, 2.24) is 10.2 Å². The molecule has 3 aromatic rings. The van der Waals surface area contributed by atoms with Crippen LogP contribution < -0.4 is 19.5 Å². The molecule has 166 valence electrons. The Hall–Kier alpha value is -3.51. The topological polar surface area (TPSA) is 60.0 Å². The molecule has 0 spiro atoms. The Kier molecular flexibility index (Phi) is 6.61. The van der Waals surface area contributed by atoms with Crippen LogP contribution in [0.2, 0.25) is 0 Å². The van der Waals surface area contributed by atoms with Crippen LogP contribution in [-0.4, -0.2) is 45.2 Å². The van der Waals surface area contributed by atoms with Crippen LogP contribution in [0.5, 0.6) is 17.2 Å². The van der Waals surface area contributed by atoms with Gasteiger partial charge < -0.3 is 24.4 Å². The first-order chi connectivity index (χ1) is 15.5. The summed E-state index contributed by atoms with van der Waals surface area (Å²) in [5.41, 5.74) is 5.00. The predicted molar refractivity (Wildman–Crippen MR) is 124 cm³/mol. The van der Waals surface area contributed by atoms with E-state index in [1.165, 1.54) is 5.56 Å². The number of nitrogens with one attached hydrogen (secondary N) is 1. The van der Waals surface area contributed by atoms with Gasteiger partial charge in [-0.1, -0.05) is 48.5 Å². The van der Waals surface area contributed by atoms with Crippen molar-refractivity contribution in [2.24, 2.45) is 0 Å². The summed E-state index contributed by atoms with van der Waals surface area (Å²) < 4.78 is 16.7. The molecule has 1 amide bonds. The third-order valence-electron chi connectivity index (χ3n) is 5.31. The minimum absolute atomic E-state index is 0.198. The highest BCUT2D eigenvalue weighted by atomic mass is 16.6. The van der Waals surface area contributed by atoms with Gasteiger partial charge >= 0.3 is 0 Å². The standard InChI is InChI=1S/C26H28N2O4/c1-28(2)17-18-8-10-19(11-9-18)22-7-5-4-6-20(22)16-27-26(29)21-14-23(30-3)25-24(15-21)31-12-13-32-25/h4-11,14-15H,12-13,16-17H2,1-3H3,(H,27,29). The summed E-state index contributed by atoms with van der Waals surface area (Å²) in [4.78, 5) is 15.0. The van der Waals surface area contributed by atoms with E-state index in [0.29, 0.717) is 42.6 Å². The number of carbonyl (C=O) groups excluding carboxylic acids is 1. The van der Waals surface area contributed by atoms with Gasteiger partial charge in [-0.15, -0.1) is 0 Å². The Morgan fingerprint density at radius 3 is 2.53 bits per heavy atom. The summed E-state index contributed by atoms with van der Waals surface area (Å²) in [6.45, 7) is 2.21. The van der Waals surface area contributed by atoms with Crippen molar-refractivity contribution in [3.63, 3.8) is 0 Å². The molecule has 3 aromatic carbocycles. The number of carbonyl (C=O) groups is 1. The Balaban J connectivity index is 1.51. The highest BCUT2D eigenvalue weighted by Gasteiger charge is 2.21. The monoisotopic (exact) mass is 432 g/mol. The molecule has 0 unspecified atom stereocenters. The number of fused-ring (bicyclic) bond motifs is 1. The number of nitrogens with zero attached hydrogens (tertiary/aromatic N) is 1. The summed E-state index contributed by atoms with van der Waals surface area (Å²) in [7, 11) is 5.67. The quantitative estimate of drug-likeness (QED) is 0.609. The number of amides is 1. The van der Waals surface area contributed by atoms with Gasteiger partial charge in [-0.25, -0.2) is 0 Å². The molecule has 6 nitrogen and oxygen atoms in total. The first-order valence-electron chi connectivity index (χ1n) is 10.6. The van der Waals surface area contributed by atoms with E-state index >= 15 is 0 Å². The van der Waals surface area contributed by atoms with Gasteiger partial charge in [0.05, 0.1) is 7.11 Å². The number of rotatable bonds is 7. The van der Waals surface area contributed by atoms with E-state index < -0.39 is 0 Å². The Labute approximate surface area is 188 Å². The van der Waals surface area contributed by atoms with Crippen LogP contribution in [0, 0.1) is 0 Å². The van der Waals surface area contributed by atoms with E-state index in [4.69, 9.17) is 14.2 Å². The first-order valence-corrected chi connectivity index (χ1v) is 10.6. The summed E-state index contributed by atoms with van der Waals surface area (Å²) in [6, 6.07) is 20.0. The molecule has 0 saturated carbocycles. The van der Waals surface area contributed by atoms with Crippen LogP contribution in [0.1, 0.15) is 21.5 Å². The van der Waals surface area contributed by atoms with E-state index in [2.05, 4.69) is 54.6 Å². The van der Waals surface area contributed by atoms with Crippen LogP contribution in [0.3, 0.4) is 0 Å². The summed E-state index contributed by atoms with van der Waals surface area (Å²) in [6.07, 6.45) is 0. The van der Waals surface area contributed by atoms with Crippen molar-refractivity contribution in [3.8, 4) is 28.4 Å². The molecule has 1 heterocycles. The lowest BCUT2D eigenvalue weighted by Crippen LogP contribution is -2.24. The number of benzene rings is 3. The molecule has 0 saturated heterocycles. The lowest BCUT2D eigenvalue weighted by molar-refractivity contribution is 0.0949. The zero-order valence-corrected chi connectivity index (χ0v) is 18.7. The lowest BCUT2D eigenvalue weighted by Gasteiger charge is -2.21. The molecule has 1 N–H and O–H groups in total. The molecule has 6 heteroatoms. The fourth-order valence-electron chi connectivity index (χ4n) is 3.79. The Morgan fingerprint density at radius 2 is 1.78 bits per heavy atom. The molecule has 1 aliphatic heterocycles. The van der Waals surface area contributed by atoms with Crippen LogP contribution in [-0.2, 0) is 13.1 Å². The predicted octanol–water partition coefficient (Wildman–Crippen LogP) is 4.13. The number of hydrogen-bond donors (Lipinski definition) is 1. The fourth-order valence-corrected chi connectivity index (χ4v) is 3.79. The minimum Gasteiger partial charge on any atom is -0.493 e. The maximum absolute atomic E-state index is 12.9. The maximum Gasteiger partial charge on any atom is 0.251 e. The molecular weight excluding hydrogens is 404 g/mol. The molecule has 4 rings (SSSR count). The third kappa shape index (κ3) is 4.86. The highest BCUT2D eigenvalue weighted by molar-refractivity contribution is 5.95. The van der Waals surface area contributed by atoms with Crippen molar-refractivity contribution in [2.75, 3.05) is 34.4 Å². The average Bonchev–Trinajstić information content (AvgIpc) is 2.82. The number of ether oxygens (including phenoxy) is 3. The highest BCUT2D eigenvalue weighted by Crippen LogP contribution is 2.40. The second kappa shape index (κ2) is 9.75. The molecule has 1 aliphatic rings. The average molecular weight is 433 g/mol. The molecule has 0 aromatic heterocycles. The molecule has 0 aliphatic carbocycles. The Bertz CT molecular complexity index is 1080. The normalized spacial score (nSPS) is 12.5. The third-order valence-corrected chi connectivity index (χ3v) is 5.31. The molecule has 0 atom stereocenters. The van der Waals surface area contributed by atoms with Gasteiger partial charge in [0.2, 0.25) is 5.75 Å². The zero-order chi connectivity index (χ0) is 22.5. The Morgan fingerprint density at radius 1 is 1.03 bits per heavy atom. The molecule has 0 fully saturated rings. The van der Waals surface area contributed by atoms with Crippen LogP contribution >= 0.6 is 0 Å². The molecular formula is C26H28N2O4. The summed E-state index contributed by atoms with van der Waals surface area (Å²) >= 11 is 0. The van der Waals surface area contributed by atoms with Crippen molar-refractivity contribution in [3.05, 3.63) is 77.4 Å². The fraction of sp³-hybridized carbons (Fsp3) is 0.269. The van der Waals surface area contributed by atoms with E-state index in [1.54, 1.807) is 19.2 Å². The smallest absolute Gasteiger partial charge is 0.251 e. The zero-order valence-electron chi connectivity index (χ0n) is 18.7. The van der Waals surface area contributed by atoms with Crippen LogP contribution in [0.15, 0.2) is 60.7 Å². The van der Waals surface area contributed by atoms with Gasteiger partial charge in [0.25, 0.3) is 5.91 Å². The van der Waals surface area contributed by atoms with Crippen molar-refractivity contribution >= 4 is 5.91 Å².